The number of thiazole rings is 1. The molecule has 1 aliphatic heterocycles. The average Bonchev–Trinajstić information content (AvgIpc) is 3.48. The normalized spacial score (nSPS) is 15.2. The third-order valence-electron chi connectivity index (χ3n) is 6.43. The zero-order chi connectivity index (χ0) is 27.8. The van der Waals surface area contributed by atoms with Gasteiger partial charge in [0.25, 0.3) is 5.56 Å². The number of rotatable bonds is 6. The maximum Gasteiger partial charge on any atom is 0.338 e. The third-order valence-corrected chi connectivity index (χ3v) is 7.42. The van der Waals surface area contributed by atoms with Gasteiger partial charge in [-0.3, -0.25) is 9.36 Å². The number of hydrogen-bond acceptors (Lipinski definition) is 7. The van der Waals surface area contributed by atoms with Crippen molar-refractivity contribution in [1.82, 2.24) is 4.57 Å². The number of nitrogens with zero attached hydrogens (tertiary/aromatic N) is 2. The standard InChI is InChI=1S/C29H23FN2O6S/c1-4-37-28(36)24-16(3)31-29-32(25(24)17-8-10-18(30)11-9-17)26(33)23(39-29)14-19-12-13-22(38-19)20-6-5-7-21(15(20)2)27(34)35/h5-14,25H,4H2,1-3H3,(H,34,35)/b23-14-/t25-/m0/s1. The third kappa shape index (κ3) is 4.74. The molecule has 2 aromatic carbocycles. The van der Waals surface area contributed by atoms with E-state index in [9.17, 15) is 23.9 Å². The van der Waals surface area contributed by atoms with E-state index >= 15 is 0 Å². The Bertz CT molecular complexity index is 1830. The van der Waals surface area contributed by atoms with E-state index in [1.807, 2.05) is 0 Å². The van der Waals surface area contributed by atoms with Gasteiger partial charge in [-0.25, -0.2) is 19.0 Å². The van der Waals surface area contributed by atoms with Crippen molar-refractivity contribution in [2.75, 3.05) is 6.61 Å². The highest BCUT2D eigenvalue weighted by atomic mass is 32.1. The summed E-state index contributed by atoms with van der Waals surface area (Å²) >= 11 is 1.13. The van der Waals surface area contributed by atoms with Crippen molar-refractivity contribution in [1.29, 1.82) is 0 Å². The molecule has 0 saturated heterocycles. The highest BCUT2D eigenvalue weighted by molar-refractivity contribution is 7.07. The van der Waals surface area contributed by atoms with Gasteiger partial charge in [0, 0.05) is 11.6 Å². The van der Waals surface area contributed by atoms with E-state index in [-0.39, 0.29) is 17.7 Å². The summed E-state index contributed by atoms with van der Waals surface area (Å²) in [7, 11) is 0. The SMILES string of the molecule is CCOC(=O)C1=C(C)N=c2s/c(=C\c3ccc(-c4cccc(C(=O)O)c4C)o3)c(=O)n2[C@H]1c1ccc(F)cc1. The molecule has 8 nitrogen and oxygen atoms in total. The summed E-state index contributed by atoms with van der Waals surface area (Å²) in [4.78, 5) is 43.0. The zero-order valence-electron chi connectivity index (χ0n) is 21.2. The molecule has 2 aromatic heterocycles. The van der Waals surface area contributed by atoms with Crippen molar-refractivity contribution in [3.05, 3.63) is 114 Å². The lowest BCUT2D eigenvalue weighted by molar-refractivity contribution is -0.139. The van der Waals surface area contributed by atoms with Gasteiger partial charge in [-0.15, -0.1) is 0 Å². The fourth-order valence-corrected chi connectivity index (χ4v) is 5.62. The summed E-state index contributed by atoms with van der Waals surface area (Å²) in [6.45, 7) is 5.21. The van der Waals surface area contributed by atoms with E-state index in [0.717, 1.165) is 11.3 Å². The molecule has 198 valence electrons. The van der Waals surface area contributed by atoms with Crippen LogP contribution in [0.1, 0.15) is 47.1 Å². The first-order valence-corrected chi connectivity index (χ1v) is 12.9. The number of carbonyl (C=O) groups is 2. The second kappa shape index (κ2) is 10.3. The lowest BCUT2D eigenvalue weighted by atomic mass is 9.96. The number of ether oxygens (including phenoxy) is 1. The van der Waals surface area contributed by atoms with Crippen LogP contribution in [-0.4, -0.2) is 28.2 Å². The molecule has 0 aliphatic carbocycles. The zero-order valence-corrected chi connectivity index (χ0v) is 22.0. The number of carboxylic acid groups (broad SMARTS) is 1. The van der Waals surface area contributed by atoms with E-state index in [2.05, 4.69) is 4.99 Å². The summed E-state index contributed by atoms with van der Waals surface area (Å²) in [5, 5.41) is 9.43. The predicted octanol–water partition coefficient (Wildman–Crippen LogP) is 4.20. The number of fused-ring (bicyclic) bond motifs is 1. The van der Waals surface area contributed by atoms with Gasteiger partial charge in [0.05, 0.1) is 34.0 Å². The van der Waals surface area contributed by atoms with Crippen molar-refractivity contribution in [3.63, 3.8) is 0 Å². The maximum atomic E-state index is 13.7. The van der Waals surface area contributed by atoms with Gasteiger partial charge in [-0.1, -0.05) is 35.6 Å². The van der Waals surface area contributed by atoms with Crippen LogP contribution in [0.4, 0.5) is 4.39 Å². The Labute approximate surface area is 225 Å². The number of allylic oxidation sites excluding steroid dienone is 1. The summed E-state index contributed by atoms with van der Waals surface area (Å²) in [6, 6.07) is 13.1. The highest BCUT2D eigenvalue weighted by Crippen LogP contribution is 2.31. The minimum absolute atomic E-state index is 0.145. The van der Waals surface area contributed by atoms with Crippen molar-refractivity contribution >= 4 is 29.4 Å². The van der Waals surface area contributed by atoms with Crippen LogP contribution < -0.4 is 14.9 Å². The molecular formula is C29H23FN2O6S. The summed E-state index contributed by atoms with van der Waals surface area (Å²) in [6.07, 6.45) is 1.58. The van der Waals surface area contributed by atoms with E-state index in [0.29, 0.717) is 43.2 Å². The molecule has 5 rings (SSSR count). The van der Waals surface area contributed by atoms with Crippen molar-refractivity contribution in [2.24, 2.45) is 4.99 Å². The number of aromatic carboxylic acids is 1. The molecule has 0 radical (unpaired) electrons. The molecule has 0 fully saturated rings. The molecule has 0 unspecified atom stereocenters. The second-order valence-electron chi connectivity index (χ2n) is 8.84. The van der Waals surface area contributed by atoms with Crippen LogP contribution in [0.5, 0.6) is 0 Å². The fraction of sp³-hybridized carbons (Fsp3) is 0.172. The molecule has 0 amide bonds. The quantitative estimate of drug-likeness (QED) is 0.363. The van der Waals surface area contributed by atoms with Crippen LogP contribution in [-0.2, 0) is 9.53 Å². The summed E-state index contributed by atoms with van der Waals surface area (Å²) < 4.78 is 26.7. The summed E-state index contributed by atoms with van der Waals surface area (Å²) in [5.74, 6) is -1.23. The van der Waals surface area contributed by atoms with Crippen molar-refractivity contribution < 1.29 is 28.2 Å². The molecule has 1 atom stereocenters. The number of aromatic nitrogens is 1. The lowest BCUT2D eigenvalue weighted by Crippen LogP contribution is -2.39. The first kappa shape index (κ1) is 26.1. The van der Waals surface area contributed by atoms with Gasteiger partial charge >= 0.3 is 11.9 Å². The monoisotopic (exact) mass is 546 g/mol. The van der Waals surface area contributed by atoms with Gasteiger partial charge in [-0.2, -0.15) is 0 Å². The molecule has 1 aliphatic rings. The fourth-order valence-electron chi connectivity index (χ4n) is 4.59. The summed E-state index contributed by atoms with van der Waals surface area (Å²) in [5.41, 5.74) is 2.11. The van der Waals surface area contributed by atoms with Crippen LogP contribution >= 0.6 is 11.3 Å². The van der Waals surface area contributed by atoms with Crippen LogP contribution in [0.2, 0.25) is 0 Å². The Hall–Kier alpha value is -4.57. The number of hydrogen-bond donors (Lipinski definition) is 1. The topological polar surface area (TPSA) is 111 Å². The van der Waals surface area contributed by atoms with E-state index in [4.69, 9.17) is 9.15 Å². The molecule has 0 saturated carbocycles. The van der Waals surface area contributed by atoms with Crippen molar-refractivity contribution in [2.45, 2.75) is 26.8 Å². The molecule has 0 bridgehead atoms. The van der Waals surface area contributed by atoms with Crippen LogP contribution in [0.3, 0.4) is 0 Å². The number of furan rings is 1. The first-order valence-electron chi connectivity index (χ1n) is 12.1. The van der Waals surface area contributed by atoms with Crippen LogP contribution in [0.15, 0.2) is 80.1 Å². The Balaban J connectivity index is 1.63. The Morgan fingerprint density at radius 1 is 1.15 bits per heavy atom. The first-order chi connectivity index (χ1) is 18.7. The van der Waals surface area contributed by atoms with Gasteiger partial charge in [-0.05, 0) is 62.2 Å². The molecule has 4 aromatic rings. The average molecular weight is 547 g/mol. The minimum Gasteiger partial charge on any atom is -0.478 e. The smallest absolute Gasteiger partial charge is 0.338 e. The lowest BCUT2D eigenvalue weighted by Gasteiger charge is -2.24. The van der Waals surface area contributed by atoms with E-state index in [1.165, 1.54) is 34.9 Å². The molecule has 0 spiro atoms. The predicted molar refractivity (Wildman–Crippen MR) is 143 cm³/mol. The second-order valence-corrected chi connectivity index (χ2v) is 9.85. The number of carbonyl (C=O) groups excluding carboxylic acids is 1. The maximum absolute atomic E-state index is 13.7. The Morgan fingerprint density at radius 2 is 1.90 bits per heavy atom. The van der Waals surface area contributed by atoms with E-state index in [1.54, 1.807) is 51.1 Å². The van der Waals surface area contributed by atoms with Crippen LogP contribution in [0.25, 0.3) is 17.4 Å². The Morgan fingerprint density at radius 3 is 2.59 bits per heavy atom. The highest BCUT2D eigenvalue weighted by Gasteiger charge is 2.33. The number of carboxylic acids is 1. The largest absolute Gasteiger partial charge is 0.478 e. The van der Waals surface area contributed by atoms with E-state index < -0.39 is 29.4 Å². The minimum atomic E-state index is -1.03. The number of benzene rings is 2. The van der Waals surface area contributed by atoms with Gasteiger partial charge in [0.1, 0.15) is 17.3 Å². The van der Waals surface area contributed by atoms with Gasteiger partial charge in [0.2, 0.25) is 0 Å². The molecule has 10 heteroatoms. The Kier molecular flexibility index (Phi) is 6.88. The molecular weight excluding hydrogens is 523 g/mol. The molecule has 3 heterocycles. The molecule has 39 heavy (non-hydrogen) atoms. The van der Waals surface area contributed by atoms with Gasteiger partial charge in [0.15, 0.2) is 4.80 Å². The van der Waals surface area contributed by atoms with Crippen LogP contribution in [0, 0.1) is 12.7 Å². The van der Waals surface area contributed by atoms with Gasteiger partial charge < -0.3 is 14.3 Å². The molecule has 1 N–H and O–H groups in total. The van der Waals surface area contributed by atoms with Crippen molar-refractivity contribution in [3.8, 4) is 11.3 Å². The number of halogens is 1. The number of esters is 1.